The zero-order valence-corrected chi connectivity index (χ0v) is 14.0. The van der Waals surface area contributed by atoms with E-state index in [4.69, 9.17) is 0 Å². The third-order valence-corrected chi connectivity index (χ3v) is 5.61. The summed E-state index contributed by atoms with van der Waals surface area (Å²) < 4.78 is 14.4. The van der Waals surface area contributed by atoms with Crippen LogP contribution in [0.1, 0.15) is 43.7 Å². The van der Waals surface area contributed by atoms with Gasteiger partial charge in [0.15, 0.2) is 0 Å². The summed E-state index contributed by atoms with van der Waals surface area (Å²) in [6, 6.07) is 5.65. The topological polar surface area (TPSA) is 15.3 Å². The first kappa shape index (κ1) is 15.4. The molecule has 3 rings (SSSR count). The van der Waals surface area contributed by atoms with Crippen LogP contribution in [0.25, 0.3) is 0 Å². The van der Waals surface area contributed by atoms with E-state index in [1.165, 1.54) is 37.7 Å². The van der Waals surface area contributed by atoms with E-state index in [-0.39, 0.29) is 5.82 Å². The number of rotatable bonds is 3. The molecule has 0 unspecified atom stereocenters. The molecule has 2 aliphatic rings. The van der Waals surface area contributed by atoms with Crippen LogP contribution in [0.2, 0.25) is 0 Å². The molecule has 1 N–H and O–H groups in total. The van der Waals surface area contributed by atoms with Crippen molar-refractivity contribution in [2.24, 2.45) is 5.92 Å². The highest BCUT2D eigenvalue weighted by Crippen LogP contribution is 2.41. The largest absolute Gasteiger partial charge is 0.314 e. The van der Waals surface area contributed by atoms with Gasteiger partial charge in [-0.15, -0.1) is 0 Å². The highest BCUT2D eigenvalue weighted by Gasteiger charge is 2.32. The summed E-state index contributed by atoms with van der Waals surface area (Å²) in [5, 5.41) is 3.43. The Morgan fingerprint density at radius 3 is 2.52 bits per heavy atom. The Labute approximate surface area is 135 Å². The first-order valence-electron chi connectivity index (χ1n) is 8.15. The lowest BCUT2D eigenvalue weighted by Gasteiger charge is -2.41. The Bertz CT molecular complexity index is 450. The van der Waals surface area contributed by atoms with Crippen molar-refractivity contribution < 1.29 is 4.39 Å². The Balaban J connectivity index is 1.89. The molecular formula is C17H24BrFN2. The van der Waals surface area contributed by atoms with Crippen molar-refractivity contribution in [3.8, 4) is 0 Å². The Kier molecular flexibility index (Phi) is 5.30. The third kappa shape index (κ3) is 3.66. The second-order valence-corrected chi connectivity index (χ2v) is 7.15. The van der Waals surface area contributed by atoms with E-state index < -0.39 is 0 Å². The quantitative estimate of drug-likeness (QED) is 0.878. The van der Waals surface area contributed by atoms with Crippen LogP contribution in [-0.2, 0) is 0 Å². The van der Waals surface area contributed by atoms with Crippen LogP contribution in [0.15, 0.2) is 22.7 Å². The molecule has 0 radical (unpaired) electrons. The van der Waals surface area contributed by atoms with Crippen molar-refractivity contribution in [1.82, 2.24) is 10.2 Å². The van der Waals surface area contributed by atoms with Gasteiger partial charge in [0.2, 0.25) is 0 Å². The molecular weight excluding hydrogens is 331 g/mol. The minimum atomic E-state index is -0.159. The average molecular weight is 355 g/mol. The summed E-state index contributed by atoms with van der Waals surface area (Å²) in [5.74, 6) is 0.548. The zero-order valence-electron chi connectivity index (χ0n) is 12.5. The molecule has 1 aliphatic heterocycles. The molecule has 0 bridgehead atoms. The van der Waals surface area contributed by atoms with Crippen LogP contribution in [0.5, 0.6) is 0 Å². The Morgan fingerprint density at radius 2 is 1.86 bits per heavy atom. The van der Waals surface area contributed by atoms with Crippen molar-refractivity contribution in [2.45, 2.75) is 38.1 Å². The van der Waals surface area contributed by atoms with E-state index in [0.717, 1.165) is 30.7 Å². The molecule has 1 aromatic carbocycles. The van der Waals surface area contributed by atoms with E-state index >= 15 is 0 Å². The molecule has 4 heteroatoms. The van der Waals surface area contributed by atoms with Gasteiger partial charge >= 0.3 is 0 Å². The number of hydrogen-bond donors (Lipinski definition) is 1. The van der Waals surface area contributed by atoms with Crippen molar-refractivity contribution in [3.63, 3.8) is 0 Å². The van der Waals surface area contributed by atoms with Crippen LogP contribution < -0.4 is 5.32 Å². The van der Waals surface area contributed by atoms with Crippen molar-refractivity contribution in [3.05, 3.63) is 34.1 Å². The molecule has 0 aromatic heterocycles. The highest BCUT2D eigenvalue weighted by atomic mass is 79.9. The summed E-state index contributed by atoms with van der Waals surface area (Å²) >= 11 is 3.60. The maximum Gasteiger partial charge on any atom is 0.124 e. The van der Waals surface area contributed by atoms with Gasteiger partial charge in [-0.3, -0.25) is 4.90 Å². The molecule has 1 aromatic rings. The monoisotopic (exact) mass is 354 g/mol. The molecule has 1 saturated carbocycles. The number of halogens is 2. The van der Waals surface area contributed by atoms with Gasteiger partial charge in [-0.05, 0) is 36.5 Å². The SMILES string of the molecule is Fc1ccc([C@H](C2CCCCC2)N2CCNCC2)c(Br)c1. The van der Waals surface area contributed by atoms with Gasteiger partial charge in [0.25, 0.3) is 0 Å². The van der Waals surface area contributed by atoms with Crippen LogP contribution in [-0.4, -0.2) is 31.1 Å². The number of nitrogens with one attached hydrogen (secondary N) is 1. The van der Waals surface area contributed by atoms with Gasteiger partial charge < -0.3 is 5.32 Å². The molecule has 2 fully saturated rings. The Morgan fingerprint density at radius 1 is 1.14 bits per heavy atom. The first-order chi connectivity index (χ1) is 10.3. The lowest BCUT2D eigenvalue weighted by Crippen LogP contribution is -2.47. The maximum absolute atomic E-state index is 13.4. The summed E-state index contributed by atoms with van der Waals surface area (Å²) in [5.41, 5.74) is 1.27. The lowest BCUT2D eigenvalue weighted by molar-refractivity contribution is 0.103. The molecule has 0 amide bonds. The summed E-state index contributed by atoms with van der Waals surface area (Å²) in [6.07, 6.45) is 6.66. The predicted octanol–water partition coefficient (Wildman–Crippen LogP) is 4.11. The normalized spacial score (nSPS) is 23.1. The fourth-order valence-corrected chi connectivity index (χ4v) is 4.49. The van der Waals surface area contributed by atoms with E-state index in [0.29, 0.717) is 12.0 Å². The molecule has 116 valence electrons. The Hall–Kier alpha value is -0.450. The third-order valence-electron chi connectivity index (χ3n) is 4.92. The summed E-state index contributed by atoms with van der Waals surface area (Å²) in [7, 11) is 0. The number of piperazine rings is 1. The van der Waals surface area contributed by atoms with Crippen molar-refractivity contribution in [2.75, 3.05) is 26.2 Å². The smallest absolute Gasteiger partial charge is 0.124 e. The van der Waals surface area contributed by atoms with Crippen molar-refractivity contribution >= 4 is 15.9 Å². The van der Waals surface area contributed by atoms with Gasteiger partial charge in [0.05, 0.1) is 0 Å². The number of hydrogen-bond acceptors (Lipinski definition) is 2. The van der Waals surface area contributed by atoms with Gasteiger partial charge in [-0.1, -0.05) is 41.3 Å². The minimum absolute atomic E-state index is 0.159. The molecule has 0 spiro atoms. The molecule has 21 heavy (non-hydrogen) atoms. The van der Waals surface area contributed by atoms with Crippen LogP contribution in [0.4, 0.5) is 4.39 Å². The van der Waals surface area contributed by atoms with Gasteiger partial charge in [-0.25, -0.2) is 4.39 Å². The fourth-order valence-electron chi connectivity index (χ4n) is 3.90. The minimum Gasteiger partial charge on any atom is -0.314 e. The number of nitrogens with zero attached hydrogens (tertiary/aromatic N) is 1. The molecule has 1 aliphatic carbocycles. The lowest BCUT2D eigenvalue weighted by atomic mass is 9.80. The average Bonchev–Trinajstić information content (AvgIpc) is 2.52. The van der Waals surface area contributed by atoms with Gasteiger partial charge in [0.1, 0.15) is 5.82 Å². The summed E-state index contributed by atoms with van der Waals surface area (Å²) in [4.78, 5) is 2.60. The molecule has 1 heterocycles. The molecule has 1 atom stereocenters. The fraction of sp³-hybridized carbons (Fsp3) is 0.647. The second kappa shape index (κ2) is 7.21. The van der Waals surface area contributed by atoms with E-state index in [1.807, 2.05) is 6.07 Å². The van der Waals surface area contributed by atoms with Crippen LogP contribution >= 0.6 is 15.9 Å². The van der Waals surface area contributed by atoms with Crippen LogP contribution in [0.3, 0.4) is 0 Å². The van der Waals surface area contributed by atoms with E-state index in [2.05, 4.69) is 26.1 Å². The van der Waals surface area contributed by atoms with Crippen LogP contribution in [0, 0.1) is 11.7 Å². The van der Waals surface area contributed by atoms with Gasteiger partial charge in [0, 0.05) is 36.7 Å². The van der Waals surface area contributed by atoms with E-state index in [9.17, 15) is 4.39 Å². The molecule has 2 nitrogen and oxygen atoms in total. The number of benzene rings is 1. The second-order valence-electron chi connectivity index (χ2n) is 6.29. The zero-order chi connectivity index (χ0) is 14.7. The van der Waals surface area contributed by atoms with Crippen molar-refractivity contribution in [1.29, 1.82) is 0 Å². The predicted molar refractivity (Wildman–Crippen MR) is 87.9 cm³/mol. The maximum atomic E-state index is 13.4. The highest BCUT2D eigenvalue weighted by molar-refractivity contribution is 9.10. The standard InChI is InChI=1S/C17H24BrFN2/c18-16-12-14(19)6-7-15(16)17(13-4-2-1-3-5-13)21-10-8-20-9-11-21/h6-7,12-13,17,20H,1-5,8-11H2/t17-/m0/s1. The summed E-state index contributed by atoms with van der Waals surface area (Å²) in [6.45, 7) is 4.29. The molecule has 1 saturated heterocycles. The van der Waals surface area contributed by atoms with E-state index in [1.54, 1.807) is 12.1 Å². The first-order valence-corrected chi connectivity index (χ1v) is 8.95. The van der Waals surface area contributed by atoms with Gasteiger partial charge in [-0.2, -0.15) is 0 Å².